The van der Waals surface area contributed by atoms with Crippen LogP contribution in [-0.4, -0.2) is 101 Å². The summed E-state index contributed by atoms with van der Waals surface area (Å²) in [4.78, 5) is 62.5. The number of aromatic nitrogens is 3. The Kier molecular flexibility index (Phi) is 11.0. The van der Waals surface area contributed by atoms with E-state index < -0.39 is 11.7 Å². The Morgan fingerprint density at radius 1 is 0.933 bits per heavy atom. The van der Waals surface area contributed by atoms with E-state index in [1.165, 1.54) is 28.8 Å². The number of rotatable bonds is 10. The van der Waals surface area contributed by atoms with Crippen LogP contribution >= 0.6 is 11.3 Å². The molecule has 0 bridgehead atoms. The molecule has 5 aromatic rings. The van der Waals surface area contributed by atoms with Crippen molar-refractivity contribution in [2.24, 2.45) is 5.92 Å². The molecule has 310 valence electrons. The number of hydrogen-bond acceptors (Lipinski definition) is 11. The number of fused-ring (bicyclic) bond motifs is 2. The number of nitrogens with one attached hydrogen (secondary N) is 3. The molecule has 4 amide bonds. The van der Waals surface area contributed by atoms with Crippen LogP contribution in [0.15, 0.2) is 65.5 Å². The molecular weight excluding hydrogens is 784 g/mol. The number of piperidine rings is 1. The number of carbonyl (C=O) groups is 4. The predicted octanol–water partition coefficient (Wildman–Crippen LogP) is 6.30. The summed E-state index contributed by atoms with van der Waals surface area (Å²) in [6.07, 6.45) is 4.01. The van der Waals surface area contributed by atoms with Crippen LogP contribution in [0.3, 0.4) is 0 Å². The number of thiazole rings is 1. The van der Waals surface area contributed by atoms with Crippen molar-refractivity contribution in [1.82, 2.24) is 29.9 Å². The van der Waals surface area contributed by atoms with Gasteiger partial charge in [-0.15, -0.1) is 11.3 Å². The summed E-state index contributed by atoms with van der Waals surface area (Å²) in [5.74, 6) is 0.292. The second-order valence-corrected chi connectivity index (χ2v) is 16.7. The topological polar surface area (TPSA) is 148 Å². The van der Waals surface area contributed by atoms with Gasteiger partial charge in [0.05, 0.1) is 11.1 Å². The van der Waals surface area contributed by atoms with E-state index in [2.05, 4.69) is 72.0 Å². The molecule has 3 fully saturated rings. The van der Waals surface area contributed by atoms with Crippen molar-refractivity contribution in [1.29, 1.82) is 0 Å². The second kappa shape index (κ2) is 16.9. The summed E-state index contributed by atoms with van der Waals surface area (Å²) < 4.78 is 17.6. The standard InChI is InChI=1S/C44H47FN10O4S/c1-28-34(43(58)48-38-26-60-27-46-38)6-7-35(40(28)45)41-36(25-56)42-47-37-8-5-33(22-31(37)11-16-55(42)50-41)53-19-17-51(18-20-53)23-29-9-13-52(14-10-29)32-4-2-3-30(21-32)24-54-15-12-39(57)49-44(54)59/h2-8,21-22,25-27,29,47H,9-20,23-24H2,1H3,(H,48,58)(H,49,57,59). The molecule has 0 saturated carbocycles. The first-order valence-corrected chi connectivity index (χ1v) is 21.5. The van der Waals surface area contributed by atoms with Crippen molar-refractivity contribution in [2.45, 2.75) is 45.7 Å². The summed E-state index contributed by atoms with van der Waals surface area (Å²) in [6.45, 7) is 9.98. The largest absolute Gasteiger partial charge is 0.372 e. The maximum Gasteiger partial charge on any atom is 0.324 e. The zero-order chi connectivity index (χ0) is 41.3. The minimum Gasteiger partial charge on any atom is -0.372 e. The predicted molar refractivity (Wildman–Crippen MR) is 230 cm³/mol. The molecule has 60 heavy (non-hydrogen) atoms. The van der Waals surface area contributed by atoms with Gasteiger partial charge in [-0.25, -0.2) is 18.9 Å². The average molecular weight is 831 g/mol. The van der Waals surface area contributed by atoms with Crippen molar-refractivity contribution in [3.05, 3.63) is 99.1 Å². The highest BCUT2D eigenvalue weighted by atomic mass is 32.1. The van der Waals surface area contributed by atoms with Crippen LogP contribution in [0.2, 0.25) is 0 Å². The van der Waals surface area contributed by atoms with Gasteiger partial charge in [-0.05, 0) is 91.3 Å². The summed E-state index contributed by atoms with van der Waals surface area (Å²) in [5.41, 5.74) is 8.05. The molecule has 2 aromatic heterocycles. The molecule has 3 saturated heterocycles. The lowest BCUT2D eigenvalue weighted by atomic mass is 9.95. The Bertz CT molecular complexity index is 2440. The van der Waals surface area contributed by atoms with Crippen molar-refractivity contribution in [3.8, 4) is 11.3 Å². The molecule has 3 aromatic carbocycles. The maximum atomic E-state index is 15.9. The van der Waals surface area contributed by atoms with E-state index in [9.17, 15) is 19.2 Å². The van der Waals surface area contributed by atoms with Crippen LogP contribution in [0.1, 0.15) is 56.7 Å². The third-order valence-corrected chi connectivity index (χ3v) is 12.8. The van der Waals surface area contributed by atoms with E-state index in [1.54, 1.807) is 33.5 Å². The molecule has 0 spiro atoms. The fourth-order valence-electron chi connectivity index (χ4n) is 8.86. The lowest BCUT2D eigenvalue weighted by Gasteiger charge is -2.40. The van der Waals surface area contributed by atoms with Crippen LogP contribution < -0.4 is 25.8 Å². The Hall–Kier alpha value is -6.13. The summed E-state index contributed by atoms with van der Waals surface area (Å²) in [6, 6.07) is 17.6. The number of aldehydes is 1. The number of halogens is 1. The number of anilines is 5. The molecule has 0 unspecified atom stereocenters. The van der Waals surface area contributed by atoms with Gasteiger partial charge in [0.15, 0.2) is 6.29 Å². The molecule has 16 heteroatoms. The van der Waals surface area contributed by atoms with Crippen LogP contribution in [0.5, 0.6) is 0 Å². The highest BCUT2D eigenvalue weighted by Crippen LogP contribution is 2.37. The van der Waals surface area contributed by atoms with E-state index >= 15 is 4.39 Å². The number of aryl methyl sites for hydroxylation is 2. The van der Waals surface area contributed by atoms with Gasteiger partial charge in [-0.1, -0.05) is 12.1 Å². The number of imide groups is 1. The smallest absolute Gasteiger partial charge is 0.324 e. The summed E-state index contributed by atoms with van der Waals surface area (Å²) in [7, 11) is 0. The maximum absolute atomic E-state index is 15.9. The highest BCUT2D eigenvalue weighted by Gasteiger charge is 2.29. The number of piperazine rings is 1. The van der Waals surface area contributed by atoms with Gasteiger partial charge in [0.2, 0.25) is 5.91 Å². The lowest BCUT2D eigenvalue weighted by molar-refractivity contribution is -0.121. The monoisotopic (exact) mass is 830 g/mol. The first-order valence-electron chi connectivity index (χ1n) is 20.6. The fourth-order valence-corrected chi connectivity index (χ4v) is 9.34. The average Bonchev–Trinajstić information content (AvgIpc) is 3.86. The molecule has 14 nitrogen and oxygen atoms in total. The molecule has 4 aliphatic heterocycles. The van der Waals surface area contributed by atoms with Crippen LogP contribution in [0.25, 0.3) is 11.3 Å². The van der Waals surface area contributed by atoms with Gasteiger partial charge >= 0.3 is 6.03 Å². The van der Waals surface area contributed by atoms with Crippen molar-refractivity contribution in [2.75, 3.05) is 72.8 Å². The van der Waals surface area contributed by atoms with Crippen molar-refractivity contribution < 1.29 is 23.6 Å². The normalized spacial score (nSPS) is 17.4. The fraction of sp³-hybridized carbons (Fsp3) is 0.364. The molecule has 4 aliphatic rings. The zero-order valence-corrected chi connectivity index (χ0v) is 34.3. The van der Waals surface area contributed by atoms with Crippen LogP contribution in [-0.2, 0) is 24.3 Å². The number of amides is 4. The SMILES string of the molecule is Cc1c(C(=O)Nc2cscn2)ccc(-c2nn3c(c2C=O)Nc2ccc(N4CCN(CC5CCN(c6cccc(CN7CCC(=O)NC7=O)c6)CC5)CC4)cc2CC3)c1F. The van der Waals surface area contributed by atoms with E-state index in [4.69, 9.17) is 5.10 Å². The molecular formula is C44H47FN10O4S. The van der Waals surface area contributed by atoms with Crippen molar-refractivity contribution in [3.63, 3.8) is 0 Å². The number of benzene rings is 3. The van der Waals surface area contributed by atoms with Gasteiger partial charge in [0.1, 0.15) is 23.1 Å². The van der Waals surface area contributed by atoms with Gasteiger partial charge in [-0.2, -0.15) is 5.10 Å². The quantitative estimate of drug-likeness (QED) is 0.137. The Morgan fingerprint density at radius 2 is 1.73 bits per heavy atom. The van der Waals surface area contributed by atoms with Crippen molar-refractivity contribution >= 4 is 64.2 Å². The molecule has 0 radical (unpaired) electrons. The second-order valence-electron chi connectivity index (χ2n) is 16.0. The number of nitrogens with zero attached hydrogens (tertiary/aromatic N) is 7. The Labute approximate surface area is 351 Å². The van der Waals surface area contributed by atoms with Crippen LogP contribution in [0, 0.1) is 18.7 Å². The summed E-state index contributed by atoms with van der Waals surface area (Å²) in [5, 5.41) is 15.0. The van der Waals surface area contributed by atoms with Gasteiger partial charge in [0, 0.05) is 105 Å². The van der Waals surface area contributed by atoms with E-state index in [-0.39, 0.29) is 39.9 Å². The number of urea groups is 1. The van der Waals surface area contributed by atoms with Gasteiger partial charge < -0.3 is 25.3 Å². The summed E-state index contributed by atoms with van der Waals surface area (Å²) >= 11 is 1.35. The minimum absolute atomic E-state index is 0.159. The number of carbonyl (C=O) groups excluding carboxylic acids is 4. The molecule has 3 N–H and O–H groups in total. The lowest BCUT2D eigenvalue weighted by Crippen LogP contribution is -2.49. The Balaban J connectivity index is 0.786. The first-order chi connectivity index (χ1) is 29.2. The van der Waals surface area contributed by atoms with E-state index in [0.717, 1.165) is 75.5 Å². The Morgan fingerprint density at radius 3 is 2.50 bits per heavy atom. The molecule has 0 atom stereocenters. The molecule has 0 aliphatic carbocycles. The first kappa shape index (κ1) is 39.3. The minimum atomic E-state index is -0.602. The third kappa shape index (κ3) is 8.08. The van der Waals surface area contributed by atoms with Gasteiger partial charge in [0.25, 0.3) is 5.91 Å². The van der Waals surface area contributed by atoms with E-state index in [1.807, 2.05) is 6.07 Å². The zero-order valence-electron chi connectivity index (χ0n) is 33.5. The van der Waals surface area contributed by atoms with E-state index in [0.29, 0.717) is 56.3 Å². The molecule has 6 heterocycles. The van der Waals surface area contributed by atoms with Gasteiger partial charge in [-0.3, -0.25) is 24.6 Å². The van der Waals surface area contributed by atoms with Crippen LogP contribution in [0.4, 0.5) is 37.9 Å². The third-order valence-electron chi connectivity index (χ3n) is 12.3. The molecule has 9 rings (SSSR count). The number of hydrogen-bond donors (Lipinski definition) is 3. The highest BCUT2D eigenvalue weighted by molar-refractivity contribution is 7.07.